The Labute approximate surface area is 106 Å². The summed E-state index contributed by atoms with van der Waals surface area (Å²) >= 11 is 0. The van der Waals surface area contributed by atoms with Gasteiger partial charge in [-0.2, -0.15) is 5.26 Å². The molecule has 18 heavy (non-hydrogen) atoms. The molecule has 2 rings (SSSR count). The lowest BCUT2D eigenvalue weighted by Crippen LogP contribution is -2.41. The van der Waals surface area contributed by atoms with Gasteiger partial charge in [-0.25, -0.2) is 4.98 Å². The summed E-state index contributed by atoms with van der Waals surface area (Å²) in [5, 5.41) is 14.9. The van der Waals surface area contributed by atoms with Gasteiger partial charge in [0, 0.05) is 18.8 Å². The van der Waals surface area contributed by atoms with Crippen molar-refractivity contribution in [2.75, 3.05) is 13.1 Å². The smallest absolute Gasteiger partial charge is 0.270 e. The number of hydrogen-bond acceptors (Lipinski definition) is 4. The molecule has 1 unspecified atom stereocenters. The molecule has 5 heteroatoms. The molecule has 2 heterocycles. The molecule has 0 aromatic carbocycles. The van der Waals surface area contributed by atoms with E-state index in [-0.39, 0.29) is 11.9 Å². The second-order valence-corrected chi connectivity index (χ2v) is 4.41. The van der Waals surface area contributed by atoms with Crippen molar-refractivity contribution in [3.8, 4) is 6.07 Å². The third kappa shape index (κ3) is 3.28. The van der Waals surface area contributed by atoms with Gasteiger partial charge in [0.2, 0.25) is 0 Å². The van der Waals surface area contributed by atoms with E-state index >= 15 is 0 Å². The molecule has 1 atom stereocenters. The monoisotopic (exact) mass is 244 g/mol. The van der Waals surface area contributed by atoms with Gasteiger partial charge in [-0.3, -0.25) is 4.79 Å². The summed E-state index contributed by atoms with van der Waals surface area (Å²) in [4.78, 5) is 15.9. The van der Waals surface area contributed by atoms with Crippen LogP contribution in [0.25, 0.3) is 0 Å². The molecular weight excluding hydrogens is 228 g/mol. The first-order chi connectivity index (χ1) is 8.79. The van der Waals surface area contributed by atoms with E-state index in [1.54, 1.807) is 12.1 Å². The minimum Gasteiger partial charge on any atom is -0.347 e. The first-order valence-electron chi connectivity index (χ1n) is 6.17. The van der Waals surface area contributed by atoms with Crippen molar-refractivity contribution in [1.82, 2.24) is 15.6 Å². The summed E-state index contributed by atoms with van der Waals surface area (Å²) in [6.07, 6.45) is 4.69. The molecule has 1 aromatic heterocycles. The summed E-state index contributed by atoms with van der Waals surface area (Å²) in [7, 11) is 0. The van der Waals surface area contributed by atoms with Crippen LogP contribution in [0.5, 0.6) is 0 Å². The maximum atomic E-state index is 11.9. The van der Waals surface area contributed by atoms with Crippen LogP contribution >= 0.6 is 0 Å². The average Bonchev–Trinajstić information content (AvgIpc) is 2.67. The van der Waals surface area contributed by atoms with Gasteiger partial charge in [-0.1, -0.05) is 6.42 Å². The van der Waals surface area contributed by atoms with E-state index < -0.39 is 0 Å². The van der Waals surface area contributed by atoms with E-state index in [4.69, 9.17) is 5.26 Å². The van der Waals surface area contributed by atoms with Crippen LogP contribution in [0.2, 0.25) is 0 Å². The van der Waals surface area contributed by atoms with E-state index in [9.17, 15) is 4.79 Å². The molecule has 1 saturated heterocycles. The Morgan fingerprint density at radius 1 is 1.50 bits per heavy atom. The molecule has 0 saturated carbocycles. The largest absolute Gasteiger partial charge is 0.347 e. The average molecular weight is 244 g/mol. The zero-order valence-corrected chi connectivity index (χ0v) is 10.1. The molecule has 5 nitrogen and oxygen atoms in total. The molecule has 0 radical (unpaired) electrons. The minimum absolute atomic E-state index is 0.164. The number of nitrogens with one attached hydrogen (secondary N) is 2. The highest BCUT2D eigenvalue weighted by Gasteiger charge is 2.16. The number of nitriles is 1. The zero-order valence-electron chi connectivity index (χ0n) is 10.1. The minimum atomic E-state index is -0.173. The number of aromatic nitrogens is 1. The Bertz CT molecular complexity index is 441. The topological polar surface area (TPSA) is 77.8 Å². The molecule has 1 aliphatic rings. The van der Waals surface area contributed by atoms with E-state index in [2.05, 4.69) is 15.6 Å². The van der Waals surface area contributed by atoms with Crippen LogP contribution in [0.15, 0.2) is 18.3 Å². The summed E-state index contributed by atoms with van der Waals surface area (Å²) in [6.45, 7) is 1.82. The highest BCUT2D eigenvalue weighted by atomic mass is 16.1. The zero-order chi connectivity index (χ0) is 12.8. The van der Waals surface area contributed by atoms with E-state index in [0.29, 0.717) is 11.3 Å². The molecule has 1 aromatic rings. The molecule has 94 valence electrons. The quantitative estimate of drug-likeness (QED) is 0.807. The van der Waals surface area contributed by atoms with Gasteiger partial charge >= 0.3 is 0 Å². The van der Waals surface area contributed by atoms with Crippen LogP contribution in [0.4, 0.5) is 0 Å². The third-order valence-corrected chi connectivity index (χ3v) is 3.01. The predicted molar refractivity (Wildman–Crippen MR) is 66.9 cm³/mol. The first kappa shape index (κ1) is 12.5. The standard InChI is InChI=1S/C13H16N4O/c14-7-10-4-5-12(16-8-10)13(18)17-11-3-1-2-6-15-9-11/h4-5,8,11,15H,1-3,6,9H2,(H,17,18). The summed E-state index contributed by atoms with van der Waals surface area (Å²) in [5.41, 5.74) is 0.820. The molecule has 0 spiro atoms. The highest BCUT2D eigenvalue weighted by Crippen LogP contribution is 2.05. The lowest BCUT2D eigenvalue weighted by molar-refractivity contribution is 0.0930. The van der Waals surface area contributed by atoms with Gasteiger partial charge in [0.05, 0.1) is 5.56 Å². The lowest BCUT2D eigenvalue weighted by atomic mass is 10.1. The second kappa shape index (κ2) is 6.12. The fourth-order valence-electron chi connectivity index (χ4n) is 2.00. The van der Waals surface area contributed by atoms with Crippen molar-refractivity contribution in [3.63, 3.8) is 0 Å². The fourth-order valence-corrected chi connectivity index (χ4v) is 2.00. The maximum absolute atomic E-state index is 11.9. The molecule has 1 fully saturated rings. The molecule has 0 bridgehead atoms. The Balaban J connectivity index is 1.95. The predicted octanol–water partition coefficient (Wildman–Crippen LogP) is 0.825. The van der Waals surface area contributed by atoms with Crippen molar-refractivity contribution < 1.29 is 4.79 Å². The number of carbonyl (C=O) groups is 1. The Hall–Kier alpha value is -1.93. The van der Waals surface area contributed by atoms with E-state index in [0.717, 1.165) is 32.4 Å². The highest BCUT2D eigenvalue weighted by molar-refractivity contribution is 5.92. The van der Waals surface area contributed by atoms with Crippen LogP contribution in [0.1, 0.15) is 35.3 Å². The second-order valence-electron chi connectivity index (χ2n) is 4.41. The van der Waals surface area contributed by atoms with Gasteiger partial charge in [0.15, 0.2) is 0 Å². The Morgan fingerprint density at radius 3 is 3.11 bits per heavy atom. The Morgan fingerprint density at radius 2 is 2.39 bits per heavy atom. The molecule has 1 amide bonds. The maximum Gasteiger partial charge on any atom is 0.270 e. The number of carbonyl (C=O) groups excluding carboxylic acids is 1. The van der Waals surface area contributed by atoms with Crippen LogP contribution < -0.4 is 10.6 Å². The van der Waals surface area contributed by atoms with Crippen LogP contribution in [0, 0.1) is 11.3 Å². The van der Waals surface area contributed by atoms with Gasteiger partial charge in [-0.05, 0) is 31.5 Å². The molecule has 2 N–H and O–H groups in total. The number of hydrogen-bond donors (Lipinski definition) is 2. The van der Waals surface area contributed by atoms with Gasteiger partial charge in [0.25, 0.3) is 5.91 Å². The van der Waals surface area contributed by atoms with E-state index in [1.165, 1.54) is 6.20 Å². The first-order valence-corrected chi connectivity index (χ1v) is 6.17. The number of nitrogens with zero attached hydrogens (tertiary/aromatic N) is 2. The Kier molecular flexibility index (Phi) is 4.26. The molecule has 0 aliphatic carbocycles. The van der Waals surface area contributed by atoms with E-state index in [1.807, 2.05) is 6.07 Å². The summed E-state index contributed by atoms with van der Waals surface area (Å²) < 4.78 is 0. The van der Waals surface area contributed by atoms with Crippen molar-refractivity contribution >= 4 is 5.91 Å². The van der Waals surface area contributed by atoms with Crippen molar-refractivity contribution in [2.45, 2.75) is 25.3 Å². The SMILES string of the molecule is N#Cc1ccc(C(=O)NC2CCCCNC2)nc1. The van der Waals surface area contributed by atoms with Crippen molar-refractivity contribution in [3.05, 3.63) is 29.6 Å². The normalized spacial score (nSPS) is 19.6. The third-order valence-electron chi connectivity index (χ3n) is 3.01. The molecular formula is C13H16N4O. The summed E-state index contributed by atoms with van der Waals surface area (Å²) in [5.74, 6) is -0.173. The number of pyridine rings is 1. The van der Waals surface area contributed by atoms with Gasteiger partial charge in [0.1, 0.15) is 11.8 Å². The van der Waals surface area contributed by atoms with Gasteiger partial charge in [-0.15, -0.1) is 0 Å². The number of amides is 1. The van der Waals surface area contributed by atoms with Crippen LogP contribution in [0.3, 0.4) is 0 Å². The fraction of sp³-hybridized carbons (Fsp3) is 0.462. The molecule has 1 aliphatic heterocycles. The summed E-state index contributed by atoms with van der Waals surface area (Å²) in [6, 6.07) is 5.33. The number of rotatable bonds is 2. The lowest BCUT2D eigenvalue weighted by Gasteiger charge is -2.15. The van der Waals surface area contributed by atoms with Crippen LogP contribution in [-0.2, 0) is 0 Å². The van der Waals surface area contributed by atoms with Crippen LogP contribution in [-0.4, -0.2) is 30.0 Å². The van der Waals surface area contributed by atoms with Crippen molar-refractivity contribution in [1.29, 1.82) is 5.26 Å². The van der Waals surface area contributed by atoms with Gasteiger partial charge < -0.3 is 10.6 Å². The van der Waals surface area contributed by atoms with Crippen molar-refractivity contribution in [2.24, 2.45) is 0 Å².